The van der Waals surface area contributed by atoms with Gasteiger partial charge in [-0.1, -0.05) is 36.4 Å². The zero-order chi connectivity index (χ0) is 18.5. The Morgan fingerprint density at radius 3 is 2.65 bits per heavy atom. The fraction of sp³-hybridized carbons (Fsp3) is 0.350. The van der Waals surface area contributed by atoms with Gasteiger partial charge in [-0.2, -0.15) is 4.31 Å². The van der Waals surface area contributed by atoms with E-state index < -0.39 is 10.0 Å². The molecule has 0 N–H and O–H groups in total. The van der Waals surface area contributed by atoms with Gasteiger partial charge in [-0.3, -0.25) is 4.79 Å². The van der Waals surface area contributed by atoms with E-state index in [-0.39, 0.29) is 18.5 Å². The van der Waals surface area contributed by atoms with Crippen molar-refractivity contribution in [2.75, 3.05) is 19.6 Å². The van der Waals surface area contributed by atoms with Gasteiger partial charge in [-0.25, -0.2) is 8.42 Å². The first kappa shape index (κ1) is 17.2. The second-order valence-electron chi connectivity index (χ2n) is 7.12. The molecule has 5 nitrogen and oxygen atoms in total. The maximum atomic E-state index is 13.2. The average molecular weight is 370 g/mol. The molecule has 1 saturated heterocycles. The summed E-state index contributed by atoms with van der Waals surface area (Å²) in [5.41, 5.74) is 3.86. The van der Waals surface area contributed by atoms with E-state index in [1.165, 1.54) is 9.87 Å². The zero-order valence-corrected chi connectivity index (χ0v) is 15.8. The number of hydrogen-bond acceptors (Lipinski definition) is 3. The lowest BCUT2D eigenvalue weighted by molar-refractivity contribution is -0.138. The predicted octanol–water partition coefficient (Wildman–Crippen LogP) is 2.43. The number of piperazine rings is 1. The normalized spacial score (nSPS) is 20.6. The Morgan fingerprint density at radius 1 is 1.08 bits per heavy atom. The van der Waals surface area contributed by atoms with Crippen molar-refractivity contribution in [2.24, 2.45) is 0 Å². The van der Waals surface area contributed by atoms with Gasteiger partial charge in [0, 0.05) is 13.1 Å². The minimum Gasteiger partial charge on any atom is -0.333 e. The molecule has 2 aliphatic rings. The number of nitrogens with zero attached hydrogens (tertiary/aromatic N) is 2. The fourth-order valence-electron chi connectivity index (χ4n) is 3.95. The second kappa shape index (κ2) is 6.21. The topological polar surface area (TPSA) is 57.7 Å². The molecular formula is C20H22N2O3S. The van der Waals surface area contributed by atoms with Gasteiger partial charge in [0.05, 0.1) is 17.5 Å². The van der Waals surface area contributed by atoms with Crippen LogP contribution in [0.1, 0.15) is 28.3 Å². The molecule has 4 rings (SSSR count). The quantitative estimate of drug-likeness (QED) is 0.816. The molecule has 26 heavy (non-hydrogen) atoms. The van der Waals surface area contributed by atoms with Crippen molar-refractivity contribution >= 4 is 15.9 Å². The van der Waals surface area contributed by atoms with Crippen molar-refractivity contribution in [1.29, 1.82) is 0 Å². The smallest absolute Gasteiger partial charge is 0.243 e. The summed E-state index contributed by atoms with van der Waals surface area (Å²) in [4.78, 5) is 14.8. The van der Waals surface area contributed by atoms with E-state index in [9.17, 15) is 13.2 Å². The number of carbonyl (C=O) groups is 1. The molecule has 0 aliphatic carbocycles. The molecule has 2 aromatic carbocycles. The van der Waals surface area contributed by atoms with Crippen LogP contribution in [0.25, 0.3) is 0 Å². The van der Waals surface area contributed by atoms with E-state index in [1.807, 2.05) is 42.2 Å². The Hall–Kier alpha value is -2.18. The monoisotopic (exact) mass is 370 g/mol. The first-order valence-electron chi connectivity index (χ1n) is 8.82. The molecule has 0 radical (unpaired) electrons. The molecule has 0 aromatic heterocycles. The Balaban J connectivity index is 1.74. The standard InChI is InChI=1S/C20H22N2O3S/c1-14-7-8-15(2)19(11-14)26(24,25)21-12-18-17-6-4-3-5-16(17)9-10-22(18)20(23)13-21/h3-8,11,18H,9-10,12-13H2,1-2H3/t18-/m1/s1. The summed E-state index contributed by atoms with van der Waals surface area (Å²) in [7, 11) is -3.72. The number of rotatable bonds is 2. The van der Waals surface area contributed by atoms with Crippen molar-refractivity contribution in [2.45, 2.75) is 31.2 Å². The third-order valence-electron chi connectivity index (χ3n) is 5.38. The molecule has 0 bridgehead atoms. The number of carbonyl (C=O) groups excluding carboxylic acids is 1. The lowest BCUT2D eigenvalue weighted by Gasteiger charge is -2.44. The van der Waals surface area contributed by atoms with Crippen LogP contribution in [0.2, 0.25) is 0 Å². The van der Waals surface area contributed by atoms with Crippen LogP contribution in [0.3, 0.4) is 0 Å². The first-order valence-corrected chi connectivity index (χ1v) is 10.3. The summed E-state index contributed by atoms with van der Waals surface area (Å²) in [6.45, 7) is 4.53. The molecule has 1 atom stereocenters. The van der Waals surface area contributed by atoms with Gasteiger partial charge in [-0.05, 0) is 48.6 Å². The van der Waals surface area contributed by atoms with Crippen LogP contribution in [0.4, 0.5) is 0 Å². The Morgan fingerprint density at radius 2 is 1.85 bits per heavy atom. The van der Waals surface area contributed by atoms with Crippen LogP contribution in [0, 0.1) is 13.8 Å². The van der Waals surface area contributed by atoms with E-state index in [2.05, 4.69) is 6.07 Å². The van der Waals surface area contributed by atoms with Gasteiger partial charge in [0.2, 0.25) is 15.9 Å². The van der Waals surface area contributed by atoms with E-state index in [4.69, 9.17) is 0 Å². The highest BCUT2D eigenvalue weighted by Gasteiger charge is 2.41. The number of benzene rings is 2. The first-order chi connectivity index (χ1) is 12.4. The van der Waals surface area contributed by atoms with E-state index >= 15 is 0 Å². The fourth-order valence-corrected chi connectivity index (χ4v) is 5.66. The molecule has 2 aromatic rings. The summed E-state index contributed by atoms with van der Waals surface area (Å²) < 4.78 is 27.8. The summed E-state index contributed by atoms with van der Waals surface area (Å²) in [5.74, 6) is -0.121. The van der Waals surface area contributed by atoms with Crippen molar-refractivity contribution in [3.05, 3.63) is 64.7 Å². The largest absolute Gasteiger partial charge is 0.333 e. The van der Waals surface area contributed by atoms with Crippen LogP contribution in [-0.4, -0.2) is 43.2 Å². The molecule has 1 fully saturated rings. The Bertz CT molecular complexity index is 984. The van der Waals surface area contributed by atoms with Crippen molar-refractivity contribution < 1.29 is 13.2 Å². The molecule has 0 saturated carbocycles. The maximum absolute atomic E-state index is 13.2. The second-order valence-corrected chi connectivity index (χ2v) is 9.02. The minimum atomic E-state index is -3.72. The predicted molar refractivity (Wildman–Crippen MR) is 99.3 cm³/mol. The van der Waals surface area contributed by atoms with Crippen LogP contribution in [-0.2, 0) is 21.2 Å². The van der Waals surface area contributed by atoms with Gasteiger partial charge in [0.15, 0.2) is 0 Å². The molecule has 0 spiro atoms. The number of aryl methyl sites for hydroxylation is 2. The average Bonchev–Trinajstić information content (AvgIpc) is 2.63. The third kappa shape index (κ3) is 2.73. The number of amides is 1. The molecule has 2 heterocycles. The highest BCUT2D eigenvalue weighted by molar-refractivity contribution is 7.89. The summed E-state index contributed by atoms with van der Waals surface area (Å²) in [6.07, 6.45) is 0.822. The van der Waals surface area contributed by atoms with Crippen molar-refractivity contribution in [3.8, 4) is 0 Å². The van der Waals surface area contributed by atoms with Crippen molar-refractivity contribution in [3.63, 3.8) is 0 Å². The SMILES string of the molecule is Cc1ccc(C)c(S(=O)(=O)N2CC(=O)N3CCc4ccccc4[C@H]3C2)c1. The van der Waals surface area contributed by atoms with Crippen molar-refractivity contribution in [1.82, 2.24) is 9.21 Å². The highest BCUT2D eigenvalue weighted by Crippen LogP contribution is 2.35. The van der Waals surface area contributed by atoms with E-state index in [1.54, 1.807) is 13.0 Å². The molecule has 136 valence electrons. The zero-order valence-electron chi connectivity index (χ0n) is 15.0. The highest BCUT2D eigenvalue weighted by atomic mass is 32.2. The van der Waals surface area contributed by atoms with Gasteiger partial charge >= 0.3 is 0 Å². The molecular weight excluding hydrogens is 348 g/mol. The van der Waals surface area contributed by atoms with Crippen LogP contribution in [0.15, 0.2) is 47.4 Å². The van der Waals surface area contributed by atoms with Gasteiger partial charge < -0.3 is 4.90 Å². The summed E-state index contributed by atoms with van der Waals surface area (Å²) in [6, 6.07) is 13.2. The minimum absolute atomic E-state index is 0.0889. The maximum Gasteiger partial charge on any atom is 0.243 e. The third-order valence-corrected chi connectivity index (χ3v) is 7.34. The van der Waals surface area contributed by atoms with Gasteiger partial charge in [-0.15, -0.1) is 0 Å². The Labute approximate surface area is 154 Å². The Kier molecular flexibility index (Phi) is 4.12. The van der Waals surface area contributed by atoms with Crippen LogP contribution >= 0.6 is 0 Å². The lowest BCUT2D eigenvalue weighted by Crippen LogP contribution is -2.55. The lowest BCUT2D eigenvalue weighted by atomic mass is 9.91. The van der Waals surface area contributed by atoms with Crippen LogP contribution < -0.4 is 0 Å². The van der Waals surface area contributed by atoms with Gasteiger partial charge in [0.1, 0.15) is 0 Å². The van der Waals surface area contributed by atoms with Crippen LogP contribution in [0.5, 0.6) is 0 Å². The molecule has 1 amide bonds. The number of hydrogen-bond donors (Lipinski definition) is 0. The summed E-state index contributed by atoms with van der Waals surface area (Å²) in [5, 5.41) is 0. The van der Waals surface area contributed by atoms with E-state index in [0.29, 0.717) is 23.5 Å². The molecule has 2 aliphatic heterocycles. The number of sulfonamides is 1. The molecule has 6 heteroatoms. The number of fused-ring (bicyclic) bond motifs is 3. The van der Waals surface area contributed by atoms with E-state index in [0.717, 1.165) is 17.5 Å². The van der Waals surface area contributed by atoms with Gasteiger partial charge in [0.25, 0.3) is 0 Å². The molecule has 0 unspecified atom stereocenters. The summed E-state index contributed by atoms with van der Waals surface area (Å²) >= 11 is 0.